The van der Waals surface area contributed by atoms with Gasteiger partial charge in [-0.1, -0.05) is 0 Å². The molecule has 2 aromatic heterocycles. The molecule has 0 radical (unpaired) electrons. The van der Waals surface area contributed by atoms with E-state index in [0.717, 1.165) is 11.0 Å². The van der Waals surface area contributed by atoms with Crippen LogP contribution in [0.15, 0.2) is 12.3 Å². The normalized spacial score (nSPS) is 15.8. The van der Waals surface area contributed by atoms with Gasteiger partial charge in [0.2, 0.25) is 0 Å². The zero-order valence-electron chi connectivity index (χ0n) is 18.2. The number of carbonyl (C=O) groups excluding carboxylic acids is 2. The van der Waals surface area contributed by atoms with E-state index in [1.54, 1.807) is 11.1 Å². The second-order valence-electron chi connectivity index (χ2n) is 8.93. The molecule has 1 N–H and O–H groups in total. The first-order chi connectivity index (χ1) is 13.5. The van der Waals surface area contributed by atoms with Gasteiger partial charge >= 0.3 is 6.09 Å². The van der Waals surface area contributed by atoms with Crippen LogP contribution in [-0.2, 0) is 4.74 Å². The highest BCUT2D eigenvalue weighted by Gasteiger charge is 2.28. The topological polar surface area (TPSA) is 89.4 Å². The average molecular weight is 402 g/mol. The third-order valence-corrected chi connectivity index (χ3v) is 4.98. The lowest BCUT2D eigenvalue weighted by atomic mass is 10.0. The van der Waals surface area contributed by atoms with Gasteiger partial charge in [0.1, 0.15) is 5.60 Å². The Balaban J connectivity index is 1.63. The fourth-order valence-electron chi connectivity index (χ4n) is 3.47. The highest BCUT2D eigenvalue weighted by atomic mass is 16.6. The molecule has 3 rings (SSSR count). The number of rotatable bonds is 3. The minimum Gasteiger partial charge on any atom is -0.444 e. The minimum absolute atomic E-state index is 0.0228. The molecule has 1 aliphatic heterocycles. The number of nitrogens with one attached hydrogen (secondary N) is 1. The molecule has 0 aliphatic carbocycles. The van der Waals surface area contributed by atoms with Gasteiger partial charge in [-0.15, -0.1) is 0 Å². The van der Waals surface area contributed by atoms with Crippen LogP contribution in [0.1, 0.15) is 69.6 Å². The van der Waals surface area contributed by atoms with Crippen molar-refractivity contribution in [2.75, 3.05) is 13.1 Å². The fraction of sp³-hybridized carbons (Fsp3) is 0.619. The summed E-state index contributed by atoms with van der Waals surface area (Å²) < 4.78 is 7.28. The van der Waals surface area contributed by atoms with Crippen molar-refractivity contribution >= 4 is 23.0 Å². The number of hydrogen-bond acceptors (Lipinski definition) is 5. The monoisotopic (exact) mass is 401 g/mol. The number of hydrogen-bond donors (Lipinski definition) is 1. The van der Waals surface area contributed by atoms with Gasteiger partial charge < -0.3 is 15.0 Å². The van der Waals surface area contributed by atoms with Gasteiger partial charge in [0.25, 0.3) is 5.91 Å². The molecule has 0 unspecified atom stereocenters. The first kappa shape index (κ1) is 21.1. The number of amides is 2. The van der Waals surface area contributed by atoms with Crippen molar-refractivity contribution in [3.63, 3.8) is 0 Å². The molecule has 0 aromatic carbocycles. The Morgan fingerprint density at radius 1 is 1.24 bits per heavy atom. The third kappa shape index (κ3) is 4.86. The highest BCUT2D eigenvalue weighted by Crippen LogP contribution is 2.20. The van der Waals surface area contributed by atoms with Gasteiger partial charge in [-0.05, 0) is 60.5 Å². The molecular formula is C21H31N5O3. The molecule has 1 aliphatic rings. The minimum atomic E-state index is -0.505. The molecule has 0 atom stereocenters. The van der Waals surface area contributed by atoms with E-state index in [-0.39, 0.29) is 24.1 Å². The van der Waals surface area contributed by atoms with E-state index in [9.17, 15) is 9.59 Å². The number of carbonyl (C=O) groups is 2. The number of aryl methyl sites for hydroxylation is 1. The predicted octanol–water partition coefficient (Wildman–Crippen LogP) is 3.45. The Morgan fingerprint density at radius 3 is 2.48 bits per heavy atom. The van der Waals surface area contributed by atoms with E-state index in [1.807, 2.05) is 52.3 Å². The fourth-order valence-corrected chi connectivity index (χ4v) is 3.47. The number of likely N-dealkylation sites (tertiary alicyclic amines) is 1. The SMILES string of the molecule is Cc1nc2c(cnn2C(C)C)cc1C(=O)NC1CCN(C(=O)OC(C)(C)C)CC1. The third-order valence-electron chi connectivity index (χ3n) is 4.98. The van der Waals surface area contributed by atoms with Crippen LogP contribution in [0, 0.1) is 6.92 Å². The van der Waals surface area contributed by atoms with Crippen LogP contribution in [-0.4, -0.2) is 56.4 Å². The van der Waals surface area contributed by atoms with Crippen LogP contribution in [0.2, 0.25) is 0 Å². The molecule has 29 heavy (non-hydrogen) atoms. The van der Waals surface area contributed by atoms with Crippen LogP contribution in [0.25, 0.3) is 11.0 Å². The quantitative estimate of drug-likeness (QED) is 0.851. The molecule has 158 valence electrons. The van der Waals surface area contributed by atoms with Crippen molar-refractivity contribution in [1.29, 1.82) is 0 Å². The van der Waals surface area contributed by atoms with Crippen molar-refractivity contribution in [1.82, 2.24) is 25.0 Å². The summed E-state index contributed by atoms with van der Waals surface area (Å²) in [6.07, 6.45) is 2.85. The van der Waals surface area contributed by atoms with Gasteiger partial charge in [0.05, 0.1) is 17.5 Å². The van der Waals surface area contributed by atoms with E-state index in [4.69, 9.17) is 4.74 Å². The van der Waals surface area contributed by atoms with E-state index >= 15 is 0 Å². The summed E-state index contributed by atoms with van der Waals surface area (Å²) in [5.74, 6) is -0.134. The molecule has 8 heteroatoms. The van der Waals surface area contributed by atoms with Crippen LogP contribution in [0.3, 0.4) is 0 Å². The van der Waals surface area contributed by atoms with Gasteiger partial charge in [-0.2, -0.15) is 5.10 Å². The zero-order valence-corrected chi connectivity index (χ0v) is 18.2. The molecular weight excluding hydrogens is 370 g/mol. The molecule has 2 aromatic rings. The lowest BCUT2D eigenvalue weighted by Crippen LogP contribution is -2.47. The van der Waals surface area contributed by atoms with Crippen molar-refractivity contribution < 1.29 is 14.3 Å². The number of pyridine rings is 1. The summed E-state index contributed by atoms with van der Waals surface area (Å²) in [4.78, 5) is 31.3. The summed E-state index contributed by atoms with van der Waals surface area (Å²) in [7, 11) is 0. The second kappa shape index (κ2) is 8.00. The van der Waals surface area contributed by atoms with Gasteiger partial charge in [0.15, 0.2) is 5.65 Å². The number of aromatic nitrogens is 3. The summed E-state index contributed by atoms with van der Waals surface area (Å²) in [6, 6.07) is 2.08. The van der Waals surface area contributed by atoms with Crippen LogP contribution in [0.4, 0.5) is 4.79 Å². The maximum atomic E-state index is 12.8. The molecule has 0 spiro atoms. The largest absolute Gasteiger partial charge is 0.444 e. The van der Waals surface area contributed by atoms with E-state index in [2.05, 4.69) is 15.4 Å². The van der Waals surface area contributed by atoms with E-state index < -0.39 is 5.60 Å². The Kier molecular flexibility index (Phi) is 5.82. The summed E-state index contributed by atoms with van der Waals surface area (Å²) >= 11 is 0. The first-order valence-corrected chi connectivity index (χ1v) is 10.2. The average Bonchev–Trinajstić information content (AvgIpc) is 3.03. The van der Waals surface area contributed by atoms with Gasteiger partial charge in [-0.25, -0.2) is 14.5 Å². The number of ether oxygens (including phenoxy) is 1. The van der Waals surface area contributed by atoms with Crippen molar-refractivity contribution in [3.05, 3.63) is 23.5 Å². The number of piperidine rings is 1. The Morgan fingerprint density at radius 2 is 1.90 bits per heavy atom. The number of fused-ring (bicyclic) bond motifs is 1. The molecule has 2 amide bonds. The lowest BCUT2D eigenvalue weighted by Gasteiger charge is -2.33. The van der Waals surface area contributed by atoms with E-state index in [0.29, 0.717) is 37.2 Å². The molecule has 1 fully saturated rings. The Hall–Kier alpha value is -2.64. The maximum absolute atomic E-state index is 12.8. The Labute approximate surface area is 171 Å². The van der Waals surface area contributed by atoms with Crippen molar-refractivity contribution in [2.24, 2.45) is 0 Å². The predicted molar refractivity (Wildman–Crippen MR) is 111 cm³/mol. The van der Waals surface area contributed by atoms with Crippen molar-refractivity contribution in [3.8, 4) is 0 Å². The second-order valence-corrected chi connectivity index (χ2v) is 8.93. The van der Waals surface area contributed by atoms with Crippen LogP contribution in [0.5, 0.6) is 0 Å². The van der Waals surface area contributed by atoms with Crippen molar-refractivity contribution in [2.45, 2.75) is 72.1 Å². The summed E-state index contributed by atoms with van der Waals surface area (Å²) in [6.45, 7) is 12.6. The molecule has 0 bridgehead atoms. The van der Waals surface area contributed by atoms with Gasteiger partial charge in [0, 0.05) is 30.6 Å². The molecule has 8 nitrogen and oxygen atoms in total. The molecule has 1 saturated heterocycles. The number of nitrogens with zero attached hydrogens (tertiary/aromatic N) is 4. The summed E-state index contributed by atoms with van der Waals surface area (Å²) in [5.41, 5.74) is 1.54. The van der Waals surface area contributed by atoms with Crippen LogP contribution >= 0.6 is 0 Å². The molecule has 3 heterocycles. The Bertz CT molecular complexity index is 905. The first-order valence-electron chi connectivity index (χ1n) is 10.2. The van der Waals surface area contributed by atoms with Gasteiger partial charge in [-0.3, -0.25) is 4.79 Å². The van der Waals surface area contributed by atoms with E-state index in [1.165, 1.54) is 0 Å². The van der Waals surface area contributed by atoms with Crippen LogP contribution < -0.4 is 5.32 Å². The summed E-state index contributed by atoms with van der Waals surface area (Å²) in [5, 5.41) is 8.32. The maximum Gasteiger partial charge on any atom is 0.410 e. The zero-order chi connectivity index (χ0) is 21.3. The smallest absolute Gasteiger partial charge is 0.410 e. The standard InChI is InChI=1S/C21H31N5O3/c1-13(2)26-18-15(12-22-26)11-17(14(3)23-18)19(27)24-16-7-9-25(10-8-16)20(28)29-21(4,5)6/h11-13,16H,7-10H2,1-6H3,(H,24,27). The highest BCUT2D eigenvalue weighted by molar-refractivity contribution is 5.98. The molecule has 0 saturated carbocycles. The lowest BCUT2D eigenvalue weighted by molar-refractivity contribution is 0.0199.